The molecular formula is C26H26F2N6O3S. The summed E-state index contributed by atoms with van der Waals surface area (Å²) in [7, 11) is 0. The maximum absolute atomic E-state index is 13.2. The first kappa shape index (κ1) is 25.7. The molecule has 0 bridgehead atoms. The summed E-state index contributed by atoms with van der Waals surface area (Å²) in [6.07, 6.45) is 3.48. The number of anilines is 1. The number of oxazole rings is 1. The number of nitrogens with one attached hydrogen (secondary N) is 2. The third-order valence-electron chi connectivity index (χ3n) is 6.40. The molecule has 4 aromatic rings. The number of alkyl halides is 2. The summed E-state index contributed by atoms with van der Waals surface area (Å²) in [5, 5.41) is 5.64. The van der Waals surface area contributed by atoms with Gasteiger partial charge in [0.05, 0.1) is 39.6 Å². The highest BCUT2D eigenvalue weighted by Gasteiger charge is 2.29. The predicted molar refractivity (Wildman–Crippen MR) is 140 cm³/mol. The number of aromatic nitrogens is 3. The Morgan fingerprint density at radius 2 is 2.16 bits per heavy atom. The zero-order chi connectivity index (χ0) is 26.6. The summed E-state index contributed by atoms with van der Waals surface area (Å²) >= 11 is 1.27. The molecule has 2 N–H and O–H groups in total. The minimum absolute atomic E-state index is 0.0827. The van der Waals surface area contributed by atoms with E-state index >= 15 is 0 Å². The molecule has 1 aliphatic rings. The second-order valence-corrected chi connectivity index (χ2v) is 9.99. The lowest BCUT2D eigenvalue weighted by Crippen LogP contribution is -2.37. The summed E-state index contributed by atoms with van der Waals surface area (Å²) in [6, 6.07) is 8.93. The van der Waals surface area contributed by atoms with Gasteiger partial charge in [0.15, 0.2) is 12.2 Å². The van der Waals surface area contributed by atoms with E-state index in [1.165, 1.54) is 23.8 Å². The number of halogens is 2. The molecule has 0 spiro atoms. The Labute approximate surface area is 221 Å². The number of carbonyl (C=O) groups excluding carboxylic acids is 2. The molecule has 3 aromatic heterocycles. The van der Waals surface area contributed by atoms with Crippen molar-refractivity contribution < 1.29 is 22.8 Å². The van der Waals surface area contributed by atoms with E-state index in [1.807, 2.05) is 22.8 Å². The first-order chi connectivity index (χ1) is 18.4. The molecule has 5 rings (SSSR count). The topological polar surface area (TPSA) is 105 Å². The van der Waals surface area contributed by atoms with E-state index in [9.17, 15) is 18.4 Å². The van der Waals surface area contributed by atoms with Crippen LogP contribution in [-0.4, -0.2) is 56.8 Å². The molecule has 1 atom stereocenters. The monoisotopic (exact) mass is 540 g/mol. The number of likely N-dealkylation sites (tertiary alicyclic amines) is 1. The molecule has 1 fully saturated rings. The van der Waals surface area contributed by atoms with Crippen LogP contribution >= 0.6 is 11.3 Å². The molecular weight excluding hydrogens is 514 g/mol. The molecule has 1 saturated heterocycles. The smallest absolute Gasteiger partial charge is 0.268 e. The van der Waals surface area contributed by atoms with Gasteiger partial charge in [-0.05, 0) is 48.7 Å². The third kappa shape index (κ3) is 5.50. The SMILES string of the molecule is C=CC(=O)N1CCCC1Cn1c(NC(=O)c2ccc(-c3cnco3)s2)nc2cc(CNCC(F)F)ccc21. The van der Waals surface area contributed by atoms with Crippen molar-refractivity contribution >= 4 is 40.1 Å². The van der Waals surface area contributed by atoms with Gasteiger partial charge in [-0.25, -0.2) is 18.7 Å². The fourth-order valence-electron chi connectivity index (χ4n) is 4.63. The molecule has 4 heterocycles. The van der Waals surface area contributed by atoms with Crippen LogP contribution in [0.25, 0.3) is 21.7 Å². The molecule has 12 heteroatoms. The second kappa shape index (κ2) is 11.2. The van der Waals surface area contributed by atoms with E-state index in [-0.39, 0.29) is 24.4 Å². The van der Waals surface area contributed by atoms with Crippen LogP contribution in [0.3, 0.4) is 0 Å². The molecule has 0 saturated carbocycles. The summed E-state index contributed by atoms with van der Waals surface area (Å²) in [6.45, 7) is 4.55. The molecule has 1 aromatic carbocycles. The number of rotatable bonds is 10. The number of nitrogens with zero attached hydrogens (tertiary/aromatic N) is 4. The predicted octanol–water partition coefficient (Wildman–Crippen LogP) is 4.54. The van der Waals surface area contributed by atoms with Gasteiger partial charge in [0.2, 0.25) is 11.9 Å². The van der Waals surface area contributed by atoms with E-state index in [0.29, 0.717) is 35.2 Å². The number of benzene rings is 1. The molecule has 38 heavy (non-hydrogen) atoms. The van der Waals surface area contributed by atoms with Crippen molar-refractivity contribution in [1.82, 2.24) is 24.8 Å². The average Bonchev–Trinajstić information content (AvgIpc) is 3.70. The van der Waals surface area contributed by atoms with Crippen molar-refractivity contribution in [3.05, 3.63) is 66.0 Å². The number of carbonyl (C=O) groups is 2. The highest BCUT2D eigenvalue weighted by atomic mass is 32.1. The maximum Gasteiger partial charge on any atom is 0.268 e. The van der Waals surface area contributed by atoms with Crippen LogP contribution in [0.2, 0.25) is 0 Å². The maximum atomic E-state index is 13.2. The van der Waals surface area contributed by atoms with Crippen LogP contribution in [0.1, 0.15) is 28.1 Å². The molecule has 2 amide bonds. The van der Waals surface area contributed by atoms with Gasteiger partial charge in [-0.3, -0.25) is 14.9 Å². The van der Waals surface area contributed by atoms with Crippen molar-refractivity contribution in [3.8, 4) is 10.6 Å². The molecule has 1 unspecified atom stereocenters. The van der Waals surface area contributed by atoms with Crippen LogP contribution in [0.5, 0.6) is 0 Å². The minimum Gasteiger partial charge on any atom is -0.443 e. The first-order valence-corrected chi connectivity index (χ1v) is 13.0. The third-order valence-corrected chi connectivity index (χ3v) is 7.50. The molecule has 0 radical (unpaired) electrons. The Kier molecular flexibility index (Phi) is 7.61. The number of fused-ring (bicyclic) bond motifs is 1. The Bertz CT molecular complexity index is 1450. The largest absolute Gasteiger partial charge is 0.443 e. The van der Waals surface area contributed by atoms with Crippen molar-refractivity contribution in [2.24, 2.45) is 0 Å². The van der Waals surface area contributed by atoms with Gasteiger partial charge in [-0.1, -0.05) is 12.6 Å². The summed E-state index contributed by atoms with van der Waals surface area (Å²) < 4.78 is 32.3. The van der Waals surface area contributed by atoms with E-state index in [4.69, 9.17) is 4.42 Å². The van der Waals surface area contributed by atoms with Crippen LogP contribution in [0, 0.1) is 0 Å². The van der Waals surface area contributed by atoms with Crippen molar-refractivity contribution in [1.29, 1.82) is 0 Å². The number of amides is 2. The van der Waals surface area contributed by atoms with Gasteiger partial charge < -0.3 is 19.2 Å². The van der Waals surface area contributed by atoms with Gasteiger partial charge >= 0.3 is 0 Å². The molecule has 1 aliphatic heterocycles. The number of imidazole rings is 1. The van der Waals surface area contributed by atoms with E-state index in [2.05, 4.69) is 27.2 Å². The lowest BCUT2D eigenvalue weighted by Gasteiger charge is -2.24. The molecule has 198 valence electrons. The first-order valence-electron chi connectivity index (χ1n) is 12.1. The van der Waals surface area contributed by atoms with Crippen molar-refractivity contribution in [2.45, 2.75) is 38.4 Å². The number of hydrogen-bond donors (Lipinski definition) is 2. The summed E-state index contributed by atoms with van der Waals surface area (Å²) in [5.74, 6) is 0.452. The fourth-order valence-corrected chi connectivity index (χ4v) is 5.48. The Morgan fingerprint density at radius 3 is 2.92 bits per heavy atom. The fraction of sp³-hybridized carbons (Fsp3) is 0.308. The van der Waals surface area contributed by atoms with Crippen molar-refractivity contribution in [3.63, 3.8) is 0 Å². The van der Waals surface area contributed by atoms with Crippen LogP contribution in [0.4, 0.5) is 14.7 Å². The van der Waals surface area contributed by atoms with Crippen molar-refractivity contribution in [2.75, 3.05) is 18.4 Å². The van der Waals surface area contributed by atoms with Gasteiger partial charge in [-0.15, -0.1) is 11.3 Å². The zero-order valence-electron chi connectivity index (χ0n) is 20.4. The van der Waals surface area contributed by atoms with Gasteiger partial charge in [0.1, 0.15) is 0 Å². The van der Waals surface area contributed by atoms with E-state index in [1.54, 1.807) is 23.2 Å². The Balaban J connectivity index is 1.44. The van der Waals surface area contributed by atoms with Crippen LogP contribution in [-0.2, 0) is 17.9 Å². The minimum atomic E-state index is -2.44. The van der Waals surface area contributed by atoms with Crippen LogP contribution in [0.15, 0.2) is 60.0 Å². The highest BCUT2D eigenvalue weighted by Crippen LogP contribution is 2.30. The zero-order valence-corrected chi connectivity index (χ0v) is 21.2. The number of thiophene rings is 1. The van der Waals surface area contributed by atoms with E-state index in [0.717, 1.165) is 28.8 Å². The number of hydrogen-bond acceptors (Lipinski definition) is 7. The van der Waals surface area contributed by atoms with Crippen LogP contribution < -0.4 is 10.6 Å². The van der Waals surface area contributed by atoms with E-state index < -0.39 is 13.0 Å². The average molecular weight is 541 g/mol. The Morgan fingerprint density at radius 1 is 1.29 bits per heavy atom. The lowest BCUT2D eigenvalue weighted by molar-refractivity contribution is -0.126. The second-order valence-electron chi connectivity index (χ2n) is 8.91. The Hall–Kier alpha value is -3.90. The van der Waals surface area contributed by atoms with Gasteiger partial charge in [0, 0.05) is 19.6 Å². The highest BCUT2D eigenvalue weighted by molar-refractivity contribution is 7.17. The normalized spacial score (nSPS) is 15.4. The van der Waals surface area contributed by atoms with Gasteiger partial charge in [0.25, 0.3) is 12.3 Å². The molecule has 0 aliphatic carbocycles. The summed E-state index contributed by atoms with van der Waals surface area (Å²) in [4.78, 5) is 37.2. The lowest BCUT2D eigenvalue weighted by atomic mass is 10.2. The quantitative estimate of drug-likeness (QED) is 0.286. The van der Waals surface area contributed by atoms with Gasteiger partial charge in [-0.2, -0.15) is 0 Å². The standard InChI is InChI=1S/C26H26F2N6O3S/c1-2-24(35)33-9-3-4-17(33)14-34-19-6-5-16(11-29-13-23(27)28)10-18(19)31-26(34)32-25(36)22-8-7-21(38-22)20-12-30-15-37-20/h2,5-8,10,12,15,17,23,29H,1,3-4,9,11,13-14H2,(H,31,32,36). The summed E-state index contributed by atoms with van der Waals surface area (Å²) in [5.41, 5.74) is 2.18. The molecule has 9 nitrogen and oxygen atoms in total.